The van der Waals surface area contributed by atoms with Gasteiger partial charge in [-0.3, -0.25) is 4.90 Å². The average Bonchev–Trinajstić information content (AvgIpc) is 2.84. The molecule has 7 heteroatoms. The SMILES string of the molecule is Cc1nn(C)c(Oc2ccc(Cl)cc2)c1CN1CCO[C@@H](CN)C1. The summed E-state index contributed by atoms with van der Waals surface area (Å²) in [6, 6.07) is 7.34. The minimum absolute atomic E-state index is 0.0939. The van der Waals surface area contributed by atoms with Gasteiger partial charge in [0.05, 0.1) is 24.0 Å². The molecule has 1 aromatic heterocycles. The van der Waals surface area contributed by atoms with Gasteiger partial charge in [0.25, 0.3) is 0 Å². The van der Waals surface area contributed by atoms with Crippen molar-refractivity contribution in [1.29, 1.82) is 0 Å². The Morgan fingerprint density at radius 2 is 2.12 bits per heavy atom. The van der Waals surface area contributed by atoms with Gasteiger partial charge in [0, 0.05) is 38.2 Å². The molecule has 3 rings (SSSR count). The molecular weight excluding hydrogens is 328 g/mol. The van der Waals surface area contributed by atoms with Crippen LogP contribution in [0.2, 0.25) is 5.02 Å². The zero-order valence-corrected chi connectivity index (χ0v) is 14.8. The number of aryl methyl sites for hydroxylation is 2. The van der Waals surface area contributed by atoms with Gasteiger partial charge in [0.2, 0.25) is 5.88 Å². The number of hydrogen-bond donors (Lipinski definition) is 1. The maximum absolute atomic E-state index is 6.07. The Kier molecular flexibility index (Phi) is 5.40. The Morgan fingerprint density at radius 3 is 2.83 bits per heavy atom. The Bertz CT molecular complexity index is 687. The zero-order valence-electron chi connectivity index (χ0n) is 14.0. The first-order valence-corrected chi connectivity index (χ1v) is 8.44. The number of ether oxygens (including phenoxy) is 2. The third kappa shape index (κ3) is 3.89. The number of morpholine rings is 1. The van der Waals surface area contributed by atoms with Crippen molar-refractivity contribution in [3.63, 3.8) is 0 Å². The number of hydrogen-bond acceptors (Lipinski definition) is 5. The Morgan fingerprint density at radius 1 is 1.38 bits per heavy atom. The van der Waals surface area contributed by atoms with Crippen LogP contribution in [0.4, 0.5) is 0 Å². The minimum atomic E-state index is 0.0939. The molecule has 0 radical (unpaired) electrons. The summed E-state index contributed by atoms with van der Waals surface area (Å²) in [5.41, 5.74) is 7.79. The van der Waals surface area contributed by atoms with Crippen molar-refractivity contribution in [1.82, 2.24) is 14.7 Å². The largest absolute Gasteiger partial charge is 0.439 e. The van der Waals surface area contributed by atoms with Gasteiger partial charge in [-0.25, -0.2) is 4.68 Å². The van der Waals surface area contributed by atoms with Crippen LogP contribution in [-0.4, -0.2) is 47.0 Å². The number of benzene rings is 1. The predicted molar refractivity (Wildman–Crippen MR) is 93.5 cm³/mol. The Labute approximate surface area is 147 Å². The molecule has 2 heterocycles. The van der Waals surface area contributed by atoms with Crippen LogP contribution in [0, 0.1) is 6.92 Å². The zero-order chi connectivity index (χ0) is 17.1. The Balaban J connectivity index is 1.79. The lowest BCUT2D eigenvalue weighted by atomic mass is 10.2. The van der Waals surface area contributed by atoms with E-state index in [0.29, 0.717) is 18.2 Å². The van der Waals surface area contributed by atoms with Crippen LogP contribution < -0.4 is 10.5 Å². The summed E-state index contributed by atoms with van der Waals surface area (Å²) in [6.45, 7) is 5.72. The summed E-state index contributed by atoms with van der Waals surface area (Å²) >= 11 is 5.94. The first kappa shape index (κ1) is 17.2. The molecule has 2 N–H and O–H groups in total. The predicted octanol–water partition coefficient (Wildman–Crippen LogP) is 2.33. The second-order valence-corrected chi connectivity index (χ2v) is 6.45. The maximum atomic E-state index is 6.07. The molecule has 1 aliphatic heterocycles. The van der Waals surface area contributed by atoms with Gasteiger partial charge in [-0.2, -0.15) is 5.10 Å². The molecule has 130 valence electrons. The number of nitrogens with two attached hydrogens (primary N) is 1. The first-order chi connectivity index (χ1) is 11.6. The van der Waals surface area contributed by atoms with Crippen LogP contribution in [0.3, 0.4) is 0 Å². The molecule has 2 aromatic rings. The van der Waals surface area contributed by atoms with Crippen molar-refractivity contribution in [2.45, 2.75) is 19.6 Å². The van der Waals surface area contributed by atoms with Crippen molar-refractivity contribution in [2.24, 2.45) is 12.8 Å². The van der Waals surface area contributed by atoms with E-state index in [-0.39, 0.29) is 6.10 Å². The molecule has 0 bridgehead atoms. The lowest BCUT2D eigenvalue weighted by molar-refractivity contribution is -0.0262. The molecule has 1 saturated heterocycles. The fourth-order valence-corrected chi connectivity index (χ4v) is 3.02. The van der Waals surface area contributed by atoms with Crippen molar-refractivity contribution >= 4 is 11.6 Å². The molecule has 24 heavy (non-hydrogen) atoms. The summed E-state index contributed by atoms with van der Waals surface area (Å²) in [5.74, 6) is 1.50. The quantitative estimate of drug-likeness (QED) is 0.896. The van der Waals surface area contributed by atoms with Crippen LogP contribution in [0.25, 0.3) is 0 Å². The van der Waals surface area contributed by atoms with Gasteiger partial charge >= 0.3 is 0 Å². The third-order valence-corrected chi connectivity index (χ3v) is 4.44. The van der Waals surface area contributed by atoms with E-state index < -0.39 is 0 Å². The van der Waals surface area contributed by atoms with Crippen molar-refractivity contribution in [3.8, 4) is 11.6 Å². The summed E-state index contributed by atoms with van der Waals surface area (Å²) in [6.07, 6.45) is 0.0939. The molecule has 1 fully saturated rings. The van der Waals surface area contributed by atoms with E-state index in [1.807, 2.05) is 38.2 Å². The molecule has 6 nitrogen and oxygen atoms in total. The topological polar surface area (TPSA) is 65.5 Å². The van der Waals surface area contributed by atoms with E-state index in [1.54, 1.807) is 4.68 Å². The number of nitrogens with zero attached hydrogens (tertiary/aromatic N) is 3. The fraction of sp³-hybridized carbons (Fsp3) is 0.471. The molecule has 0 aliphatic carbocycles. The molecular formula is C17H23ClN4O2. The van der Waals surface area contributed by atoms with E-state index in [4.69, 9.17) is 26.8 Å². The van der Waals surface area contributed by atoms with Gasteiger partial charge in [-0.05, 0) is 31.2 Å². The van der Waals surface area contributed by atoms with Gasteiger partial charge in [-0.15, -0.1) is 0 Å². The Hall–Kier alpha value is -1.60. The monoisotopic (exact) mass is 350 g/mol. The maximum Gasteiger partial charge on any atom is 0.222 e. The van der Waals surface area contributed by atoms with Gasteiger partial charge in [0.15, 0.2) is 0 Å². The molecule has 0 amide bonds. The minimum Gasteiger partial charge on any atom is -0.439 e. The molecule has 1 aromatic carbocycles. The normalized spacial score (nSPS) is 18.8. The lowest BCUT2D eigenvalue weighted by Gasteiger charge is -2.32. The highest BCUT2D eigenvalue weighted by molar-refractivity contribution is 6.30. The summed E-state index contributed by atoms with van der Waals surface area (Å²) in [5, 5.41) is 5.20. The highest BCUT2D eigenvalue weighted by Crippen LogP contribution is 2.29. The number of aromatic nitrogens is 2. The van der Waals surface area contributed by atoms with E-state index >= 15 is 0 Å². The summed E-state index contributed by atoms with van der Waals surface area (Å²) < 4.78 is 13.5. The van der Waals surface area contributed by atoms with E-state index in [9.17, 15) is 0 Å². The molecule has 0 spiro atoms. The van der Waals surface area contributed by atoms with Crippen molar-refractivity contribution in [3.05, 3.63) is 40.5 Å². The second kappa shape index (κ2) is 7.53. The second-order valence-electron chi connectivity index (χ2n) is 6.01. The molecule has 0 saturated carbocycles. The summed E-state index contributed by atoms with van der Waals surface area (Å²) in [7, 11) is 1.89. The molecule has 1 aliphatic rings. The van der Waals surface area contributed by atoms with Crippen LogP contribution in [0.1, 0.15) is 11.3 Å². The van der Waals surface area contributed by atoms with Gasteiger partial charge < -0.3 is 15.2 Å². The summed E-state index contributed by atoms with van der Waals surface area (Å²) in [4.78, 5) is 2.33. The van der Waals surface area contributed by atoms with Crippen LogP contribution in [-0.2, 0) is 18.3 Å². The van der Waals surface area contributed by atoms with Crippen molar-refractivity contribution in [2.75, 3.05) is 26.2 Å². The number of halogens is 1. The fourth-order valence-electron chi connectivity index (χ4n) is 2.90. The van der Waals surface area contributed by atoms with E-state index in [1.165, 1.54) is 0 Å². The smallest absolute Gasteiger partial charge is 0.222 e. The van der Waals surface area contributed by atoms with Crippen LogP contribution in [0.5, 0.6) is 11.6 Å². The van der Waals surface area contributed by atoms with Crippen LogP contribution >= 0.6 is 11.6 Å². The van der Waals surface area contributed by atoms with Crippen LogP contribution in [0.15, 0.2) is 24.3 Å². The van der Waals surface area contributed by atoms with Gasteiger partial charge in [0.1, 0.15) is 5.75 Å². The third-order valence-electron chi connectivity index (χ3n) is 4.18. The lowest BCUT2D eigenvalue weighted by Crippen LogP contribution is -2.45. The first-order valence-electron chi connectivity index (χ1n) is 8.06. The standard InChI is InChI=1S/C17H23ClN4O2/c1-12-16(11-22-7-8-23-15(9-19)10-22)17(21(2)20-12)24-14-5-3-13(18)4-6-14/h3-6,15H,7-11,19H2,1-2H3/t15-/m0/s1. The van der Waals surface area contributed by atoms with Gasteiger partial charge in [-0.1, -0.05) is 11.6 Å². The van der Waals surface area contributed by atoms with Crippen molar-refractivity contribution < 1.29 is 9.47 Å². The average molecular weight is 351 g/mol. The number of rotatable bonds is 5. The molecule has 1 atom stereocenters. The highest BCUT2D eigenvalue weighted by Gasteiger charge is 2.23. The molecule has 0 unspecified atom stereocenters. The highest BCUT2D eigenvalue weighted by atomic mass is 35.5. The van der Waals surface area contributed by atoms with E-state index in [2.05, 4.69) is 10.00 Å². The van der Waals surface area contributed by atoms with E-state index in [0.717, 1.165) is 42.5 Å².